The summed E-state index contributed by atoms with van der Waals surface area (Å²) in [7, 11) is 1.61. The second kappa shape index (κ2) is 7.19. The van der Waals surface area contributed by atoms with Crippen LogP contribution in [0.4, 0.5) is 9.80 Å². The molecule has 5 nitrogen and oxygen atoms in total. The van der Waals surface area contributed by atoms with Crippen LogP contribution in [0.1, 0.15) is 12.6 Å². The second-order valence-corrected chi connectivity index (χ2v) is 5.75. The fourth-order valence-corrected chi connectivity index (χ4v) is 2.84. The first kappa shape index (κ1) is 15.5. The van der Waals surface area contributed by atoms with Gasteiger partial charge in [0.05, 0.1) is 18.3 Å². The van der Waals surface area contributed by atoms with Crippen molar-refractivity contribution < 1.29 is 9.53 Å². The van der Waals surface area contributed by atoms with Gasteiger partial charge in [-0.25, -0.2) is 9.78 Å². The third kappa shape index (κ3) is 4.27. The van der Waals surface area contributed by atoms with Crippen LogP contribution < -0.4 is 10.6 Å². The Kier molecular flexibility index (Phi) is 5.30. The Balaban J connectivity index is 2.05. The lowest BCUT2D eigenvalue weighted by Crippen LogP contribution is -2.38. The van der Waals surface area contributed by atoms with Crippen molar-refractivity contribution in [2.45, 2.75) is 19.9 Å². The molecule has 1 atom stereocenters. The van der Waals surface area contributed by atoms with E-state index in [9.17, 15) is 4.79 Å². The van der Waals surface area contributed by atoms with E-state index in [1.807, 2.05) is 44.2 Å². The molecule has 2 amide bonds. The van der Waals surface area contributed by atoms with Crippen LogP contribution in [0.3, 0.4) is 0 Å². The van der Waals surface area contributed by atoms with Gasteiger partial charge < -0.3 is 10.1 Å². The average Bonchev–Trinajstić information content (AvgIpc) is 2.81. The number of aryl methyl sites for hydroxylation is 1. The van der Waals surface area contributed by atoms with Crippen LogP contribution in [0, 0.1) is 6.92 Å². The number of urea groups is 1. The monoisotopic (exact) mass is 305 g/mol. The lowest BCUT2D eigenvalue weighted by Gasteiger charge is -2.12. The number of carbonyl (C=O) groups is 1. The lowest BCUT2D eigenvalue weighted by molar-refractivity contribution is 0.173. The topological polar surface area (TPSA) is 63.2 Å². The molecule has 1 aromatic heterocycles. The van der Waals surface area contributed by atoms with Crippen LogP contribution in [0.2, 0.25) is 0 Å². The van der Waals surface area contributed by atoms with Crippen LogP contribution >= 0.6 is 11.3 Å². The van der Waals surface area contributed by atoms with Crippen molar-refractivity contribution in [3.8, 4) is 10.6 Å². The maximum absolute atomic E-state index is 11.9. The van der Waals surface area contributed by atoms with Crippen molar-refractivity contribution in [2.75, 3.05) is 19.0 Å². The third-order valence-electron chi connectivity index (χ3n) is 2.84. The standard InChI is InChI=1S/C15H19N3O2S/c1-10(9-20-3)16-15(19)18-13-11(2)17-14(21-13)12-7-5-4-6-8-12/h4-8,10H,9H2,1-3H3,(H2,16,18,19). The molecule has 0 spiro atoms. The van der Waals surface area contributed by atoms with Gasteiger partial charge in [0.2, 0.25) is 0 Å². The van der Waals surface area contributed by atoms with Crippen molar-refractivity contribution in [3.63, 3.8) is 0 Å². The number of anilines is 1. The fraction of sp³-hybridized carbons (Fsp3) is 0.333. The normalized spacial score (nSPS) is 12.0. The molecule has 0 bridgehead atoms. The Morgan fingerprint density at radius 1 is 1.38 bits per heavy atom. The van der Waals surface area contributed by atoms with E-state index in [1.54, 1.807) is 7.11 Å². The van der Waals surface area contributed by atoms with Crippen molar-refractivity contribution in [1.82, 2.24) is 10.3 Å². The zero-order valence-corrected chi connectivity index (χ0v) is 13.2. The van der Waals surface area contributed by atoms with Gasteiger partial charge in [0, 0.05) is 12.7 Å². The molecule has 2 N–H and O–H groups in total. The van der Waals surface area contributed by atoms with E-state index in [1.165, 1.54) is 11.3 Å². The van der Waals surface area contributed by atoms with Crippen LogP contribution in [0.15, 0.2) is 30.3 Å². The minimum absolute atomic E-state index is 0.0446. The maximum Gasteiger partial charge on any atom is 0.320 e. The summed E-state index contributed by atoms with van der Waals surface area (Å²) in [5.41, 5.74) is 1.86. The number of hydrogen-bond acceptors (Lipinski definition) is 4. The number of benzene rings is 1. The number of carbonyl (C=O) groups excluding carboxylic acids is 1. The molecule has 1 unspecified atom stereocenters. The lowest BCUT2D eigenvalue weighted by atomic mass is 10.2. The summed E-state index contributed by atoms with van der Waals surface area (Å²) in [6.45, 7) is 4.25. The van der Waals surface area contributed by atoms with Gasteiger partial charge in [-0.3, -0.25) is 5.32 Å². The number of amides is 2. The number of thiazole rings is 1. The number of nitrogens with one attached hydrogen (secondary N) is 2. The summed E-state index contributed by atoms with van der Waals surface area (Å²) >= 11 is 1.47. The Morgan fingerprint density at radius 3 is 2.76 bits per heavy atom. The Labute approximate surface area is 128 Å². The van der Waals surface area contributed by atoms with Gasteiger partial charge in [-0.2, -0.15) is 0 Å². The van der Waals surface area contributed by atoms with E-state index in [2.05, 4.69) is 15.6 Å². The van der Waals surface area contributed by atoms with Gasteiger partial charge in [-0.15, -0.1) is 0 Å². The second-order valence-electron chi connectivity index (χ2n) is 4.75. The molecule has 2 rings (SSSR count). The highest BCUT2D eigenvalue weighted by Crippen LogP contribution is 2.31. The molecule has 0 saturated heterocycles. The molecule has 0 radical (unpaired) electrons. The van der Waals surface area contributed by atoms with E-state index >= 15 is 0 Å². The summed E-state index contributed by atoms with van der Waals surface area (Å²) in [5, 5.41) is 7.31. The quantitative estimate of drug-likeness (QED) is 0.891. The third-order valence-corrected chi connectivity index (χ3v) is 3.96. The van der Waals surface area contributed by atoms with Gasteiger partial charge in [-0.1, -0.05) is 41.7 Å². The summed E-state index contributed by atoms with van der Waals surface area (Å²) < 4.78 is 4.99. The van der Waals surface area contributed by atoms with Gasteiger partial charge in [0.25, 0.3) is 0 Å². The molecule has 0 aliphatic heterocycles. The number of rotatable bonds is 5. The average molecular weight is 305 g/mol. The first-order chi connectivity index (χ1) is 10.1. The highest BCUT2D eigenvalue weighted by molar-refractivity contribution is 7.19. The predicted octanol–water partition coefficient (Wildman–Crippen LogP) is 3.27. The first-order valence-electron chi connectivity index (χ1n) is 6.69. The zero-order chi connectivity index (χ0) is 15.2. The van der Waals surface area contributed by atoms with Crippen molar-refractivity contribution in [3.05, 3.63) is 36.0 Å². The summed E-state index contributed by atoms with van der Waals surface area (Å²) in [6.07, 6.45) is 0. The largest absolute Gasteiger partial charge is 0.383 e. The predicted molar refractivity (Wildman–Crippen MR) is 85.8 cm³/mol. The molecular formula is C15H19N3O2S. The summed E-state index contributed by atoms with van der Waals surface area (Å²) in [5.74, 6) is 0. The molecule has 0 fully saturated rings. The molecule has 1 heterocycles. The van der Waals surface area contributed by atoms with Gasteiger partial charge in [0.15, 0.2) is 0 Å². The molecule has 0 aliphatic carbocycles. The highest BCUT2D eigenvalue weighted by Gasteiger charge is 2.13. The Hall–Kier alpha value is -1.92. The summed E-state index contributed by atoms with van der Waals surface area (Å²) in [6, 6.07) is 9.62. The molecule has 0 aliphatic rings. The zero-order valence-electron chi connectivity index (χ0n) is 12.3. The number of ether oxygens (including phenoxy) is 1. The molecule has 21 heavy (non-hydrogen) atoms. The minimum Gasteiger partial charge on any atom is -0.383 e. The molecule has 1 aromatic carbocycles. The van der Waals surface area contributed by atoms with Gasteiger partial charge in [-0.05, 0) is 13.8 Å². The smallest absolute Gasteiger partial charge is 0.320 e. The van der Waals surface area contributed by atoms with Crippen molar-refractivity contribution in [1.29, 1.82) is 0 Å². The van der Waals surface area contributed by atoms with Crippen LogP contribution in [0.25, 0.3) is 10.6 Å². The van der Waals surface area contributed by atoms with E-state index < -0.39 is 0 Å². The molecule has 6 heteroatoms. The van der Waals surface area contributed by atoms with E-state index in [4.69, 9.17) is 4.74 Å². The Bertz CT molecular complexity index is 598. The number of methoxy groups -OCH3 is 1. The van der Waals surface area contributed by atoms with E-state index in [0.29, 0.717) is 6.61 Å². The molecule has 0 saturated carbocycles. The molecule has 2 aromatic rings. The number of aromatic nitrogens is 1. The van der Waals surface area contributed by atoms with Gasteiger partial charge in [0.1, 0.15) is 10.0 Å². The van der Waals surface area contributed by atoms with Crippen molar-refractivity contribution >= 4 is 22.4 Å². The number of hydrogen-bond donors (Lipinski definition) is 2. The fourth-order valence-electron chi connectivity index (χ4n) is 1.87. The summed E-state index contributed by atoms with van der Waals surface area (Å²) in [4.78, 5) is 16.4. The minimum atomic E-state index is -0.245. The number of nitrogens with zero attached hydrogens (tertiary/aromatic N) is 1. The molecular weight excluding hydrogens is 286 g/mol. The maximum atomic E-state index is 11.9. The van der Waals surface area contributed by atoms with Crippen LogP contribution in [-0.2, 0) is 4.74 Å². The van der Waals surface area contributed by atoms with E-state index in [-0.39, 0.29) is 12.1 Å². The van der Waals surface area contributed by atoms with Gasteiger partial charge >= 0.3 is 6.03 Å². The molecule has 112 valence electrons. The highest BCUT2D eigenvalue weighted by atomic mass is 32.1. The SMILES string of the molecule is COCC(C)NC(=O)Nc1sc(-c2ccccc2)nc1C. The first-order valence-corrected chi connectivity index (χ1v) is 7.51. The van der Waals surface area contributed by atoms with Crippen LogP contribution in [0.5, 0.6) is 0 Å². The Morgan fingerprint density at radius 2 is 2.10 bits per heavy atom. The van der Waals surface area contributed by atoms with E-state index in [0.717, 1.165) is 21.3 Å². The van der Waals surface area contributed by atoms with Crippen LogP contribution in [-0.4, -0.2) is 30.8 Å². The van der Waals surface area contributed by atoms with Crippen molar-refractivity contribution in [2.24, 2.45) is 0 Å².